The Balaban J connectivity index is 3.73. The maximum atomic E-state index is 5.95. The highest BCUT2D eigenvalue weighted by Crippen LogP contribution is 2.22. The van der Waals surface area contributed by atoms with Gasteiger partial charge in [0, 0.05) is 6.04 Å². The molecule has 0 rings (SSSR count). The predicted molar refractivity (Wildman–Crippen MR) is 46.9 cm³/mol. The lowest BCUT2D eigenvalue weighted by Gasteiger charge is -2.28. The summed E-state index contributed by atoms with van der Waals surface area (Å²) in [6.07, 6.45) is 1.13. The molecule has 2 N–H and O–H groups in total. The molecule has 0 aromatic rings. The van der Waals surface area contributed by atoms with E-state index in [1.165, 1.54) is 0 Å². The van der Waals surface area contributed by atoms with E-state index in [1.54, 1.807) is 0 Å². The smallest absolute Gasteiger partial charge is 0.00900 e. The molecule has 1 nitrogen and oxygen atoms in total. The van der Waals surface area contributed by atoms with E-state index in [-0.39, 0.29) is 5.41 Å². The van der Waals surface area contributed by atoms with Crippen molar-refractivity contribution >= 4 is 0 Å². The van der Waals surface area contributed by atoms with Gasteiger partial charge in [0.05, 0.1) is 0 Å². The van der Waals surface area contributed by atoms with E-state index in [1.807, 2.05) is 0 Å². The van der Waals surface area contributed by atoms with Crippen molar-refractivity contribution in [1.29, 1.82) is 0 Å². The minimum absolute atomic E-state index is 0.268. The molecule has 0 aromatic heterocycles. The summed E-state index contributed by atoms with van der Waals surface area (Å²) in [6, 6.07) is 0.340. The van der Waals surface area contributed by atoms with E-state index < -0.39 is 0 Å². The third-order valence-electron chi connectivity index (χ3n) is 1.84. The van der Waals surface area contributed by atoms with Gasteiger partial charge >= 0.3 is 0 Å². The Morgan fingerprint density at radius 2 is 1.60 bits per heavy atom. The van der Waals surface area contributed by atoms with Crippen LogP contribution in [0.15, 0.2) is 0 Å². The Morgan fingerprint density at radius 1 is 1.20 bits per heavy atom. The van der Waals surface area contributed by atoms with Gasteiger partial charge in [0.25, 0.3) is 0 Å². The first kappa shape index (κ1) is 9.96. The Bertz CT molecular complexity index is 89.4. The molecule has 1 heteroatoms. The largest absolute Gasteiger partial charge is 0.327 e. The first-order valence-electron chi connectivity index (χ1n) is 4.09. The van der Waals surface area contributed by atoms with Gasteiger partial charge in [-0.15, -0.1) is 0 Å². The van der Waals surface area contributed by atoms with Crippen molar-refractivity contribution in [2.75, 3.05) is 0 Å². The molecule has 0 saturated heterocycles. The molecule has 1 atom stereocenters. The van der Waals surface area contributed by atoms with E-state index in [0.29, 0.717) is 12.0 Å². The average molecular weight is 143 g/mol. The Hall–Kier alpha value is -0.0400. The van der Waals surface area contributed by atoms with Crippen molar-refractivity contribution in [2.45, 2.75) is 47.1 Å². The molecule has 0 heterocycles. The van der Waals surface area contributed by atoms with Gasteiger partial charge in [-0.25, -0.2) is 0 Å². The molecular weight excluding hydrogens is 122 g/mol. The van der Waals surface area contributed by atoms with Gasteiger partial charge in [-0.2, -0.15) is 0 Å². The van der Waals surface area contributed by atoms with Crippen molar-refractivity contribution < 1.29 is 0 Å². The highest BCUT2D eigenvalue weighted by atomic mass is 14.7. The van der Waals surface area contributed by atoms with Crippen LogP contribution in [0.3, 0.4) is 0 Å². The summed E-state index contributed by atoms with van der Waals surface area (Å²) in [6.45, 7) is 11.0. The lowest BCUT2D eigenvalue weighted by molar-refractivity contribution is 0.281. The zero-order valence-corrected chi connectivity index (χ0v) is 7.94. The van der Waals surface area contributed by atoms with Crippen molar-refractivity contribution in [2.24, 2.45) is 17.1 Å². The first-order chi connectivity index (χ1) is 4.34. The lowest BCUT2D eigenvalue weighted by Crippen LogP contribution is -2.36. The fourth-order valence-corrected chi connectivity index (χ4v) is 0.861. The van der Waals surface area contributed by atoms with Crippen molar-refractivity contribution in [3.05, 3.63) is 0 Å². The summed E-state index contributed by atoms with van der Waals surface area (Å²) < 4.78 is 0. The molecule has 0 spiro atoms. The second kappa shape index (κ2) is 3.38. The van der Waals surface area contributed by atoms with Crippen LogP contribution in [0, 0.1) is 11.3 Å². The van der Waals surface area contributed by atoms with Crippen LogP contribution in [-0.4, -0.2) is 6.04 Å². The molecule has 0 aliphatic carbocycles. The fraction of sp³-hybridized carbons (Fsp3) is 1.00. The van der Waals surface area contributed by atoms with Gasteiger partial charge in [0.15, 0.2) is 0 Å². The predicted octanol–water partition coefficient (Wildman–Crippen LogP) is 2.41. The van der Waals surface area contributed by atoms with Crippen molar-refractivity contribution in [3.63, 3.8) is 0 Å². The quantitative estimate of drug-likeness (QED) is 0.631. The van der Waals surface area contributed by atoms with Crippen LogP contribution in [0.5, 0.6) is 0 Å². The lowest BCUT2D eigenvalue weighted by atomic mass is 9.83. The van der Waals surface area contributed by atoms with Gasteiger partial charge in [0.1, 0.15) is 0 Å². The first-order valence-corrected chi connectivity index (χ1v) is 4.09. The molecule has 0 aromatic carbocycles. The summed E-state index contributed by atoms with van der Waals surface area (Å²) in [7, 11) is 0. The standard InChI is InChI=1S/C9H21N/c1-7(2)6-8(10)9(3,4)5/h7-8H,6,10H2,1-5H3. The molecule has 0 aliphatic rings. The van der Waals surface area contributed by atoms with Gasteiger partial charge < -0.3 is 5.73 Å². The maximum absolute atomic E-state index is 5.95. The van der Waals surface area contributed by atoms with E-state index in [9.17, 15) is 0 Å². The van der Waals surface area contributed by atoms with E-state index in [0.717, 1.165) is 6.42 Å². The van der Waals surface area contributed by atoms with Crippen molar-refractivity contribution in [1.82, 2.24) is 0 Å². The van der Waals surface area contributed by atoms with Gasteiger partial charge in [-0.05, 0) is 17.8 Å². The number of nitrogens with two attached hydrogens (primary N) is 1. The normalized spacial score (nSPS) is 15.9. The molecule has 0 bridgehead atoms. The van der Waals surface area contributed by atoms with Crippen LogP contribution >= 0.6 is 0 Å². The topological polar surface area (TPSA) is 26.0 Å². The summed E-state index contributed by atoms with van der Waals surface area (Å²) >= 11 is 0. The minimum Gasteiger partial charge on any atom is -0.327 e. The third kappa shape index (κ3) is 3.89. The minimum atomic E-state index is 0.268. The Morgan fingerprint density at radius 3 is 1.70 bits per heavy atom. The van der Waals surface area contributed by atoms with Crippen molar-refractivity contribution in [3.8, 4) is 0 Å². The summed E-state index contributed by atoms with van der Waals surface area (Å²) in [4.78, 5) is 0. The summed E-state index contributed by atoms with van der Waals surface area (Å²) in [5.41, 5.74) is 6.22. The van der Waals surface area contributed by atoms with Crippen LogP contribution in [0.25, 0.3) is 0 Å². The SMILES string of the molecule is CC(C)CC(N)C(C)(C)C. The molecule has 0 radical (unpaired) electrons. The van der Waals surface area contributed by atoms with E-state index in [4.69, 9.17) is 5.73 Å². The number of rotatable bonds is 2. The van der Waals surface area contributed by atoms with Crippen LogP contribution in [0.4, 0.5) is 0 Å². The average Bonchev–Trinajstić information content (AvgIpc) is 1.60. The van der Waals surface area contributed by atoms with Gasteiger partial charge in [-0.1, -0.05) is 34.6 Å². The molecule has 1 unspecified atom stereocenters. The zero-order chi connectivity index (χ0) is 8.36. The summed E-state index contributed by atoms with van der Waals surface area (Å²) in [5, 5.41) is 0. The maximum Gasteiger partial charge on any atom is 0.00900 e. The van der Waals surface area contributed by atoms with Crippen LogP contribution < -0.4 is 5.73 Å². The second-order valence-electron chi connectivity index (χ2n) is 4.60. The van der Waals surface area contributed by atoms with Crippen LogP contribution in [0.2, 0.25) is 0 Å². The fourth-order valence-electron chi connectivity index (χ4n) is 0.861. The molecule has 0 aliphatic heterocycles. The number of hydrogen-bond acceptors (Lipinski definition) is 1. The Labute approximate surface area is 65.0 Å². The monoisotopic (exact) mass is 143 g/mol. The van der Waals surface area contributed by atoms with Gasteiger partial charge in [0.2, 0.25) is 0 Å². The molecule has 0 amide bonds. The highest BCUT2D eigenvalue weighted by Gasteiger charge is 2.20. The number of hydrogen-bond donors (Lipinski definition) is 1. The summed E-state index contributed by atoms with van der Waals surface area (Å²) in [5.74, 6) is 0.717. The van der Waals surface area contributed by atoms with Gasteiger partial charge in [-0.3, -0.25) is 0 Å². The zero-order valence-electron chi connectivity index (χ0n) is 7.94. The third-order valence-corrected chi connectivity index (χ3v) is 1.84. The van der Waals surface area contributed by atoms with E-state index in [2.05, 4.69) is 34.6 Å². The molecular formula is C9H21N. The Kier molecular flexibility index (Phi) is 3.37. The van der Waals surface area contributed by atoms with E-state index >= 15 is 0 Å². The molecule has 62 valence electrons. The molecule has 0 fully saturated rings. The highest BCUT2D eigenvalue weighted by molar-refractivity contribution is 4.77. The second-order valence-corrected chi connectivity index (χ2v) is 4.60. The molecule has 0 saturated carbocycles. The van der Waals surface area contributed by atoms with Crippen LogP contribution in [0.1, 0.15) is 41.0 Å². The molecule has 10 heavy (non-hydrogen) atoms. The van der Waals surface area contributed by atoms with Crippen LogP contribution in [-0.2, 0) is 0 Å².